The third-order valence-electron chi connectivity index (χ3n) is 4.55. The van der Waals surface area contributed by atoms with Crippen molar-refractivity contribution in [3.05, 3.63) is 65.7 Å². The van der Waals surface area contributed by atoms with Gasteiger partial charge in [-0.2, -0.15) is 0 Å². The fourth-order valence-electron chi connectivity index (χ4n) is 2.99. The number of hydrogen-bond donors (Lipinski definition) is 2. The van der Waals surface area contributed by atoms with Gasteiger partial charge < -0.3 is 20.2 Å². The van der Waals surface area contributed by atoms with Crippen LogP contribution in [0.4, 0.5) is 10.5 Å². The molecule has 0 spiro atoms. The lowest BCUT2D eigenvalue weighted by atomic mass is 10.0. The highest BCUT2D eigenvalue weighted by Gasteiger charge is 2.17. The summed E-state index contributed by atoms with van der Waals surface area (Å²) >= 11 is 0. The number of urea groups is 1. The number of anilines is 1. The average molecular weight is 383 g/mol. The molecule has 2 aromatic rings. The third-order valence-corrected chi connectivity index (χ3v) is 4.55. The lowest BCUT2D eigenvalue weighted by molar-refractivity contribution is -0.137. The van der Waals surface area contributed by atoms with Crippen LogP contribution in [0.3, 0.4) is 0 Å². The van der Waals surface area contributed by atoms with E-state index in [1.807, 2.05) is 67.5 Å². The highest BCUT2D eigenvalue weighted by Crippen LogP contribution is 2.15. The molecule has 0 radical (unpaired) electrons. The van der Waals surface area contributed by atoms with Gasteiger partial charge in [0.2, 0.25) is 0 Å². The Morgan fingerprint density at radius 1 is 1.00 bits per heavy atom. The summed E-state index contributed by atoms with van der Waals surface area (Å²) in [7, 11) is 5.70. The number of nitrogens with one attached hydrogen (secondary N) is 1. The molecular weight excluding hydrogens is 354 g/mol. The van der Waals surface area contributed by atoms with Crippen LogP contribution >= 0.6 is 0 Å². The van der Waals surface area contributed by atoms with Gasteiger partial charge in [-0.05, 0) is 36.1 Å². The van der Waals surface area contributed by atoms with E-state index >= 15 is 0 Å². The molecule has 0 aliphatic carbocycles. The molecule has 6 nitrogen and oxygen atoms in total. The molecule has 6 heteroatoms. The van der Waals surface area contributed by atoms with Crippen molar-refractivity contribution < 1.29 is 14.7 Å². The van der Waals surface area contributed by atoms with Crippen LogP contribution < -0.4 is 10.2 Å². The first-order chi connectivity index (χ1) is 13.3. The number of carbonyl (C=O) groups is 2. The first kappa shape index (κ1) is 21.3. The maximum absolute atomic E-state index is 12.7. The summed E-state index contributed by atoms with van der Waals surface area (Å²) in [6.07, 6.45) is 1.01. The quantitative estimate of drug-likeness (QED) is 0.696. The van der Waals surface area contributed by atoms with Gasteiger partial charge in [-0.1, -0.05) is 42.5 Å². The topological polar surface area (TPSA) is 72.9 Å². The van der Waals surface area contributed by atoms with Gasteiger partial charge in [0.1, 0.15) is 0 Å². The molecular formula is C22H29N3O3. The van der Waals surface area contributed by atoms with E-state index in [2.05, 4.69) is 11.4 Å². The second-order valence-electron chi connectivity index (χ2n) is 7.19. The number of hydrogen-bond acceptors (Lipinski definition) is 3. The standard InChI is InChI=1S/C22H29N3O3/c1-24(2)20-11-7-10-18(15-20)16-25(3)22(28)23-19(12-13-21(26)27)14-17-8-5-4-6-9-17/h4-11,15,19H,12-14,16H2,1-3H3,(H,23,28)(H,26,27). The zero-order valence-electron chi connectivity index (χ0n) is 16.8. The van der Waals surface area contributed by atoms with Gasteiger partial charge in [-0.15, -0.1) is 0 Å². The maximum Gasteiger partial charge on any atom is 0.317 e. The molecule has 0 bridgehead atoms. The minimum atomic E-state index is -0.860. The summed E-state index contributed by atoms with van der Waals surface area (Å²) in [6.45, 7) is 0.477. The molecule has 1 atom stereocenters. The maximum atomic E-state index is 12.7. The lowest BCUT2D eigenvalue weighted by Crippen LogP contribution is -2.44. The molecule has 0 heterocycles. The van der Waals surface area contributed by atoms with Crippen molar-refractivity contribution in [1.29, 1.82) is 0 Å². The van der Waals surface area contributed by atoms with E-state index in [-0.39, 0.29) is 18.5 Å². The smallest absolute Gasteiger partial charge is 0.317 e. The molecule has 0 fully saturated rings. The van der Waals surface area contributed by atoms with Crippen LogP contribution in [0.25, 0.3) is 0 Å². The zero-order valence-corrected chi connectivity index (χ0v) is 16.8. The number of carbonyl (C=O) groups excluding carboxylic acids is 1. The van der Waals surface area contributed by atoms with E-state index in [4.69, 9.17) is 5.11 Å². The molecule has 150 valence electrons. The Bertz CT molecular complexity index is 778. The SMILES string of the molecule is CN(Cc1cccc(N(C)C)c1)C(=O)NC(CCC(=O)O)Cc1ccccc1. The number of carboxylic acids is 1. The van der Waals surface area contributed by atoms with Crippen molar-refractivity contribution in [2.45, 2.75) is 31.8 Å². The van der Waals surface area contributed by atoms with Crippen molar-refractivity contribution in [3.8, 4) is 0 Å². The van der Waals surface area contributed by atoms with Crippen molar-refractivity contribution in [1.82, 2.24) is 10.2 Å². The van der Waals surface area contributed by atoms with Gasteiger partial charge in [0.25, 0.3) is 0 Å². The van der Waals surface area contributed by atoms with E-state index in [0.717, 1.165) is 16.8 Å². The predicted molar refractivity (Wildman–Crippen MR) is 112 cm³/mol. The summed E-state index contributed by atoms with van der Waals surface area (Å²) in [5.74, 6) is -0.860. The highest BCUT2D eigenvalue weighted by atomic mass is 16.4. The Balaban J connectivity index is 2.00. The second kappa shape index (κ2) is 10.3. The van der Waals surface area contributed by atoms with Crippen LogP contribution in [0.5, 0.6) is 0 Å². The molecule has 0 aliphatic rings. The molecule has 1 unspecified atom stereocenters. The predicted octanol–water partition coefficient (Wildman–Crippen LogP) is 3.37. The van der Waals surface area contributed by atoms with Gasteiger partial charge in [-0.25, -0.2) is 4.79 Å². The first-order valence-electron chi connectivity index (χ1n) is 9.38. The van der Waals surface area contributed by atoms with Crippen LogP contribution in [0, 0.1) is 0 Å². The van der Waals surface area contributed by atoms with Gasteiger partial charge in [-0.3, -0.25) is 4.79 Å². The fourth-order valence-corrected chi connectivity index (χ4v) is 2.99. The molecule has 0 aromatic heterocycles. The molecule has 0 aliphatic heterocycles. The van der Waals surface area contributed by atoms with Gasteiger partial charge >= 0.3 is 12.0 Å². The van der Waals surface area contributed by atoms with Crippen molar-refractivity contribution in [2.24, 2.45) is 0 Å². The molecule has 2 rings (SSSR count). The van der Waals surface area contributed by atoms with E-state index in [1.165, 1.54) is 0 Å². The minimum absolute atomic E-state index is 0.0202. The molecule has 2 aromatic carbocycles. The molecule has 0 saturated heterocycles. The monoisotopic (exact) mass is 383 g/mol. The summed E-state index contributed by atoms with van der Waals surface area (Å²) in [5.41, 5.74) is 3.18. The largest absolute Gasteiger partial charge is 0.481 e. The summed E-state index contributed by atoms with van der Waals surface area (Å²) in [6, 6.07) is 17.4. The van der Waals surface area contributed by atoms with Crippen molar-refractivity contribution in [2.75, 3.05) is 26.0 Å². The normalized spacial score (nSPS) is 11.5. The van der Waals surface area contributed by atoms with Crippen LogP contribution in [0.15, 0.2) is 54.6 Å². The molecule has 28 heavy (non-hydrogen) atoms. The molecule has 0 saturated carbocycles. The summed E-state index contributed by atoms with van der Waals surface area (Å²) in [5, 5.41) is 12.0. The van der Waals surface area contributed by atoms with Gasteiger partial charge in [0.15, 0.2) is 0 Å². The molecule has 2 amide bonds. The number of rotatable bonds is 9. The number of aliphatic carboxylic acids is 1. The zero-order chi connectivity index (χ0) is 20.5. The first-order valence-corrected chi connectivity index (χ1v) is 9.38. The van der Waals surface area contributed by atoms with E-state index < -0.39 is 5.97 Å². The average Bonchev–Trinajstić information content (AvgIpc) is 2.67. The number of carboxylic acid groups (broad SMARTS) is 1. The summed E-state index contributed by atoms with van der Waals surface area (Å²) in [4.78, 5) is 27.3. The fraction of sp³-hybridized carbons (Fsp3) is 0.364. The van der Waals surface area contributed by atoms with E-state index in [1.54, 1.807) is 11.9 Å². The Morgan fingerprint density at radius 3 is 2.32 bits per heavy atom. The van der Waals surface area contributed by atoms with Crippen LogP contribution in [0.2, 0.25) is 0 Å². The van der Waals surface area contributed by atoms with Crippen LogP contribution in [-0.4, -0.2) is 49.2 Å². The van der Waals surface area contributed by atoms with Crippen molar-refractivity contribution in [3.63, 3.8) is 0 Å². The lowest BCUT2D eigenvalue weighted by Gasteiger charge is -2.24. The van der Waals surface area contributed by atoms with Crippen LogP contribution in [0.1, 0.15) is 24.0 Å². The number of amides is 2. The number of nitrogens with zero attached hydrogens (tertiary/aromatic N) is 2. The van der Waals surface area contributed by atoms with Crippen LogP contribution in [-0.2, 0) is 17.8 Å². The minimum Gasteiger partial charge on any atom is -0.481 e. The Hall–Kier alpha value is -3.02. The van der Waals surface area contributed by atoms with E-state index in [9.17, 15) is 9.59 Å². The van der Waals surface area contributed by atoms with Crippen molar-refractivity contribution >= 4 is 17.7 Å². The van der Waals surface area contributed by atoms with E-state index in [0.29, 0.717) is 19.4 Å². The summed E-state index contributed by atoms with van der Waals surface area (Å²) < 4.78 is 0. The second-order valence-corrected chi connectivity index (χ2v) is 7.19. The third kappa shape index (κ3) is 6.95. The molecule has 2 N–H and O–H groups in total. The Kier molecular flexibility index (Phi) is 7.87. The van der Waals surface area contributed by atoms with Gasteiger partial charge in [0, 0.05) is 45.8 Å². The Labute approximate surface area is 166 Å². The van der Waals surface area contributed by atoms with Gasteiger partial charge in [0.05, 0.1) is 0 Å². The Morgan fingerprint density at radius 2 is 1.68 bits per heavy atom. The highest BCUT2D eigenvalue weighted by molar-refractivity contribution is 5.74. The number of benzene rings is 2.